The molecule has 3 aromatic rings. The Kier molecular flexibility index (Phi) is 4.18. The SMILES string of the molecule is Cc1cc(Nc2nc(NC34CCN(CCC#N)C[C@@H]3C4)nc3sccc23)n[nH]1. The van der Waals surface area contributed by atoms with Gasteiger partial charge >= 0.3 is 0 Å². The molecule has 1 aliphatic heterocycles. The van der Waals surface area contributed by atoms with Crippen LogP contribution >= 0.6 is 11.3 Å². The number of fused-ring (bicyclic) bond motifs is 2. The summed E-state index contributed by atoms with van der Waals surface area (Å²) in [5, 5.41) is 26.0. The van der Waals surface area contributed by atoms with Gasteiger partial charge in [0.15, 0.2) is 5.82 Å². The molecule has 8 nitrogen and oxygen atoms in total. The minimum Gasteiger partial charge on any atom is -0.348 e. The first-order valence-corrected chi connectivity index (χ1v) is 10.4. The Morgan fingerprint density at radius 1 is 1.46 bits per heavy atom. The van der Waals surface area contributed by atoms with Crippen LogP contribution in [0.15, 0.2) is 17.5 Å². The average Bonchev–Trinajstić information content (AvgIpc) is 2.98. The monoisotopic (exact) mass is 394 g/mol. The van der Waals surface area contributed by atoms with Gasteiger partial charge in [-0.3, -0.25) is 5.10 Å². The molecule has 9 heteroatoms. The fourth-order valence-corrected chi connectivity index (χ4v) is 4.91. The number of H-pyrrole nitrogens is 1. The number of nitrogens with zero attached hydrogens (tertiary/aromatic N) is 5. The smallest absolute Gasteiger partial charge is 0.226 e. The molecule has 0 amide bonds. The standard InChI is InChI=1S/C19H22N8S/c1-12-9-15(26-25-12)21-16-14-3-8-28-17(14)23-18(22-16)24-19-4-7-27(6-2-5-20)11-13(19)10-19/h3,8-9,13H,2,4,6-7,10-11H2,1H3,(H3,21,22,23,24,25,26)/t13-,19?/m0/s1. The van der Waals surface area contributed by atoms with Crippen LogP contribution in [0.2, 0.25) is 0 Å². The molecule has 2 aliphatic rings. The number of likely N-dealkylation sites (tertiary alicyclic amines) is 1. The molecular weight excluding hydrogens is 372 g/mol. The molecule has 28 heavy (non-hydrogen) atoms. The first-order chi connectivity index (χ1) is 13.6. The van der Waals surface area contributed by atoms with E-state index in [-0.39, 0.29) is 5.54 Å². The van der Waals surface area contributed by atoms with E-state index in [2.05, 4.69) is 31.8 Å². The summed E-state index contributed by atoms with van der Waals surface area (Å²) in [5.74, 6) is 2.81. The summed E-state index contributed by atoms with van der Waals surface area (Å²) in [5.41, 5.74) is 1.10. The summed E-state index contributed by atoms with van der Waals surface area (Å²) < 4.78 is 0. The van der Waals surface area contributed by atoms with Gasteiger partial charge < -0.3 is 15.5 Å². The number of nitriles is 1. The fourth-order valence-electron chi connectivity index (χ4n) is 4.15. The third-order valence-electron chi connectivity index (χ3n) is 5.76. The normalized spacial score (nSPS) is 23.9. The Labute approximate surface area is 167 Å². The highest BCUT2D eigenvalue weighted by molar-refractivity contribution is 7.16. The molecule has 2 atom stereocenters. The van der Waals surface area contributed by atoms with Crippen LogP contribution in [0.1, 0.15) is 25.0 Å². The van der Waals surface area contributed by atoms with Gasteiger partial charge in [0.25, 0.3) is 0 Å². The van der Waals surface area contributed by atoms with E-state index in [1.54, 1.807) is 11.3 Å². The van der Waals surface area contributed by atoms with Crippen LogP contribution in [-0.2, 0) is 0 Å². The van der Waals surface area contributed by atoms with Crippen LogP contribution in [0.25, 0.3) is 10.2 Å². The van der Waals surface area contributed by atoms with Crippen molar-refractivity contribution >= 4 is 39.1 Å². The zero-order valence-corrected chi connectivity index (χ0v) is 16.5. The lowest BCUT2D eigenvalue weighted by Crippen LogP contribution is -2.41. The molecule has 144 valence electrons. The number of hydrogen-bond donors (Lipinski definition) is 3. The van der Waals surface area contributed by atoms with Gasteiger partial charge in [0.2, 0.25) is 5.95 Å². The molecule has 3 N–H and O–H groups in total. The first-order valence-electron chi connectivity index (χ1n) is 9.57. The van der Waals surface area contributed by atoms with Gasteiger partial charge in [-0.05, 0) is 37.1 Å². The van der Waals surface area contributed by atoms with Crippen LogP contribution < -0.4 is 10.6 Å². The number of aromatic amines is 1. The number of hydrogen-bond acceptors (Lipinski definition) is 8. The number of nitrogens with one attached hydrogen (secondary N) is 3. The third-order valence-corrected chi connectivity index (χ3v) is 6.57. The molecule has 0 spiro atoms. The zero-order valence-electron chi connectivity index (χ0n) is 15.7. The van der Waals surface area contributed by atoms with Crippen molar-refractivity contribution in [1.82, 2.24) is 25.1 Å². The molecule has 2 fully saturated rings. The number of rotatable bonds is 6. The van der Waals surface area contributed by atoms with Crippen molar-refractivity contribution in [1.29, 1.82) is 5.26 Å². The van der Waals surface area contributed by atoms with E-state index in [1.807, 2.05) is 24.4 Å². The zero-order chi connectivity index (χ0) is 19.1. The van der Waals surface area contributed by atoms with Crippen LogP contribution in [-0.4, -0.2) is 50.2 Å². The van der Waals surface area contributed by atoms with E-state index in [0.717, 1.165) is 60.0 Å². The lowest BCUT2D eigenvalue weighted by Gasteiger charge is -2.31. The molecular formula is C19H22N8S. The Balaban J connectivity index is 1.35. The Morgan fingerprint density at radius 3 is 3.18 bits per heavy atom. The minimum atomic E-state index is 0.105. The van der Waals surface area contributed by atoms with E-state index < -0.39 is 0 Å². The summed E-state index contributed by atoms with van der Waals surface area (Å²) in [6.07, 6.45) is 2.81. The van der Waals surface area contributed by atoms with Crippen molar-refractivity contribution in [3.05, 3.63) is 23.2 Å². The summed E-state index contributed by atoms with van der Waals surface area (Å²) in [4.78, 5) is 12.9. The van der Waals surface area contributed by atoms with E-state index in [4.69, 9.17) is 15.2 Å². The highest BCUT2D eigenvalue weighted by Crippen LogP contribution is 2.51. The van der Waals surface area contributed by atoms with E-state index in [1.165, 1.54) is 0 Å². The van der Waals surface area contributed by atoms with Crippen LogP contribution in [0.3, 0.4) is 0 Å². The minimum absolute atomic E-state index is 0.105. The molecule has 4 heterocycles. The summed E-state index contributed by atoms with van der Waals surface area (Å²) in [6.45, 7) is 4.91. The van der Waals surface area contributed by atoms with Crippen LogP contribution in [0, 0.1) is 24.2 Å². The van der Waals surface area contributed by atoms with Crippen molar-refractivity contribution in [3.63, 3.8) is 0 Å². The van der Waals surface area contributed by atoms with Crippen molar-refractivity contribution in [3.8, 4) is 6.07 Å². The molecule has 1 unspecified atom stereocenters. The number of anilines is 3. The highest BCUT2D eigenvalue weighted by atomic mass is 32.1. The van der Waals surface area contributed by atoms with Gasteiger partial charge in [0.05, 0.1) is 11.5 Å². The number of piperidine rings is 1. The maximum absolute atomic E-state index is 8.80. The van der Waals surface area contributed by atoms with Crippen molar-refractivity contribution in [2.45, 2.75) is 31.7 Å². The maximum Gasteiger partial charge on any atom is 0.226 e. The van der Waals surface area contributed by atoms with E-state index in [0.29, 0.717) is 18.3 Å². The molecule has 0 radical (unpaired) electrons. The molecule has 0 bridgehead atoms. The molecule has 5 rings (SSSR count). The summed E-state index contributed by atoms with van der Waals surface area (Å²) >= 11 is 1.62. The second kappa shape index (κ2) is 6.72. The Morgan fingerprint density at radius 2 is 2.39 bits per heavy atom. The van der Waals surface area contributed by atoms with E-state index in [9.17, 15) is 0 Å². The van der Waals surface area contributed by atoms with Crippen molar-refractivity contribution in [2.24, 2.45) is 5.92 Å². The van der Waals surface area contributed by atoms with Crippen molar-refractivity contribution in [2.75, 3.05) is 30.3 Å². The Hall–Kier alpha value is -2.70. The lowest BCUT2D eigenvalue weighted by atomic mass is 10.0. The maximum atomic E-state index is 8.80. The first kappa shape index (κ1) is 17.4. The quantitative estimate of drug-likeness (QED) is 0.589. The largest absolute Gasteiger partial charge is 0.348 e. The van der Waals surface area contributed by atoms with Gasteiger partial charge in [-0.25, -0.2) is 4.98 Å². The van der Waals surface area contributed by atoms with Crippen molar-refractivity contribution < 1.29 is 0 Å². The third kappa shape index (κ3) is 3.19. The summed E-state index contributed by atoms with van der Waals surface area (Å²) in [7, 11) is 0. The molecule has 0 aromatic carbocycles. The molecule has 1 aliphatic carbocycles. The number of aromatic nitrogens is 4. The van der Waals surface area contributed by atoms with Crippen LogP contribution in [0.4, 0.5) is 17.6 Å². The van der Waals surface area contributed by atoms with E-state index >= 15 is 0 Å². The van der Waals surface area contributed by atoms with Gasteiger partial charge in [-0.2, -0.15) is 15.3 Å². The fraction of sp³-hybridized carbons (Fsp3) is 0.474. The molecule has 3 aromatic heterocycles. The average molecular weight is 395 g/mol. The second-order valence-electron chi connectivity index (χ2n) is 7.74. The van der Waals surface area contributed by atoms with Gasteiger partial charge in [-0.1, -0.05) is 0 Å². The Bertz CT molecular complexity index is 1050. The highest BCUT2D eigenvalue weighted by Gasteiger charge is 2.57. The summed E-state index contributed by atoms with van der Waals surface area (Å²) in [6, 6.07) is 6.24. The predicted molar refractivity (Wildman–Crippen MR) is 110 cm³/mol. The topological polar surface area (TPSA) is 106 Å². The second-order valence-corrected chi connectivity index (χ2v) is 8.63. The van der Waals surface area contributed by atoms with Gasteiger partial charge in [-0.15, -0.1) is 11.3 Å². The van der Waals surface area contributed by atoms with Gasteiger partial charge in [0.1, 0.15) is 10.6 Å². The number of aryl methyl sites for hydroxylation is 1. The van der Waals surface area contributed by atoms with Crippen LogP contribution in [0.5, 0.6) is 0 Å². The lowest BCUT2D eigenvalue weighted by molar-refractivity contribution is 0.218. The van der Waals surface area contributed by atoms with Gasteiger partial charge in [0, 0.05) is 43.4 Å². The molecule has 1 saturated carbocycles. The predicted octanol–water partition coefficient (Wildman–Crippen LogP) is 3.26. The number of thiophene rings is 1. The molecule has 1 saturated heterocycles.